The highest BCUT2D eigenvalue weighted by molar-refractivity contribution is 9.10. The van der Waals surface area contributed by atoms with Gasteiger partial charge >= 0.3 is 0 Å². The molecule has 31 heavy (non-hydrogen) atoms. The van der Waals surface area contributed by atoms with Crippen molar-refractivity contribution in [1.29, 1.82) is 0 Å². The van der Waals surface area contributed by atoms with Crippen LogP contribution in [0.2, 0.25) is 0 Å². The zero-order valence-corrected chi connectivity index (χ0v) is 18.9. The monoisotopic (exact) mass is 489 g/mol. The smallest absolute Gasteiger partial charge is 0.142 e. The Balaban J connectivity index is 1.49. The molecule has 0 bridgehead atoms. The van der Waals surface area contributed by atoms with Gasteiger partial charge in [0.2, 0.25) is 0 Å². The van der Waals surface area contributed by atoms with Gasteiger partial charge in [-0.25, -0.2) is 4.39 Å². The van der Waals surface area contributed by atoms with E-state index in [1.54, 1.807) is 25.4 Å². The summed E-state index contributed by atoms with van der Waals surface area (Å²) in [5, 5.41) is 7.61. The van der Waals surface area contributed by atoms with E-state index in [9.17, 15) is 4.39 Å². The van der Waals surface area contributed by atoms with Crippen LogP contribution in [0.1, 0.15) is 12.8 Å². The Morgan fingerprint density at radius 2 is 2.13 bits per heavy atom. The molecule has 0 spiro atoms. The number of morpholine rings is 1. The van der Waals surface area contributed by atoms with Crippen LogP contribution in [0.25, 0.3) is 10.9 Å². The molecule has 8 heteroatoms. The van der Waals surface area contributed by atoms with Crippen LogP contribution in [0.3, 0.4) is 0 Å². The van der Waals surface area contributed by atoms with Crippen LogP contribution in [0.5, 0.6) is 17.2 Å². The third-order valence-electron chi connectivity index (χ3n) is 5.16. The summed E-state index contributed by atoms with van der Waals surface area (Å²) in [6.07, 6.45) is 3.96. The van der Waals surface area contributed by atoms with Crippen LogP contribution >= 0.6 is 15.9 Å². The van der Waals surface area contributed by atoms with Crippen molar-refractivity contribution in [3.05, 3.63) is 52.9 Å². The Bertz CT molecular complexity index is 1040. The van der Waals surface area contributed by atoms with Crippen LogP contribution in [0, 0.1) is 5.82 Å². The van der Waals surface area contributed by atoms with E-state index in [1.165, 1.54) is 12.1 Å². The fourth-order valence-corrected chi connectivity index (χ4v) is 4.01. The van der Waals surface area contributed by atoms with E-state index in [-0.39, 0.29) is 11.9 Å². The molecule has 6 nitrogen and oxygen atoms in total. The number of ether oxygens (including phenoxy) is 3. The third-order valence-corrected chi connectivity index (χ3v) is 5.78. The Kier molecular flexibility index (Phi) is 7.21. The summed E-state index contributed by atoms with van der Waals surface area (Å²) in [7, 11) is 1.64. The van der Waals surface area contributed by atoms with Crippen molar-refractivity contribution in [3.8, 4) is 17.2 Å². The maximum Gasteiger partial charge on any atom is 0.142 e. The van der Waals surface area contributed by atoms with Crippen molar-refractivity contribution < 1.29 is 18.6 Å². The molecule has 0 saturated carbocycles. The first kappa shape index (κ1) is 21.8. The van der Waals surface area contributed by atoms with Gasteiger partial charge in [-0.15, -0.1) is 0 Å². The number of aromatic nitrogens is 1. The van der Waals surface area contributed by atoms with Crippen molar-refractivity contribution in [2.45, 2.75) is 18.9 Å². The van der Waals surface area contributed by atoms with Crippen LogP contribution in [0.15, 0.2) is 47.1 Å². The first-order chi connectivity index (χ1) is 15.1. The molecule has 1 aliphatic heterocycles. The number of hydrogen-bond acceptors (Lipinski definition) is 6. The number of hydrogen-bond donors (Lipinski definition) is 2. The summed E-state index contributed by atoms with van der Waals surface area (Å²) in [4.78, 5) is 4.48. The fraction of sp³-hybridized carbons (Fsp3) is 0.348. The fourth-order valence-electron chi connectivity index (χ4n) is 3.58. The van der Waals surface area contributed by atoms with Crippen molar-refractivity contribution in [3.63, 3.8) is 0 Å². The molecule has 4 rings (SSSR count). The minimum absolute atomic E-state index is 0.279. The van der Waals surface area contributed by atoms with E-state index in [4.69, 9.17) is 14.2 Å². The van der Waals surface area contributed by atoms with E-state index in [1.807, 2.05) is 12.1 Å². The molecular weight excluding hydrogens is 465 g/mol. The van der Waals surface area contributed by atoms with Gasteiger partial charge in [0, 0.05) is 31.2 Å². The van der Waals surface area contributed by atoms with Crippen molar-refractivity contribution in [2.24, 2.45) is 0 Å². The lowest BCUT2D eigenvalue weighted by Gasteiger charge is -2.23. The number of methoxy groups -OCH3 is 1. The lowest BCUT2D eigenvalue weighted by molar-refractivity contribution is 0.0230. The second-order valence-electron chi connectivity index (χ2n) is 7.32. The number of nitrogens with one attached hydrogen (secondary N) is 2. The topological polar surface area (TPSA) is 64.6 Å². The summed E-state index contributed by atoms with van der Waals surface area (Å²) >= 11 is 3.34. The summed E-state index contributed by atoms with van der Waals surface area (Å²) < 4.78 is 31.3. The van der Waals surface area contributed by atoms with Gasteiger partial charge in [0.15, 0.2) is 0 Å². The minimum Gasteiger partial charge on any atom is -0.495 e. The third kappa shape index (κ3) is 5.44. The van der Waals surface area contributed by atoms with Gasteiger partial charge in [0.25, 0.3) is 0 Å². The summed E-state index contributed by atoms with van der Waals surface area (Å²) in [5.41, 5.74) is 1.66. The van der Waals surface area contributed by atoms with E-state index >= 15 is 0 Å². The van der Waals surface area contributed by atoms with Crippen LogP contribution in [-0.4, -0.2) is 44.4 Å². The summed E-state index contributed by atoms with van der Waals surface area (Å²) in [6.45, 7) is 3.43. The predicted molar refractivity (Wildman–Crippen MR) is 123 cm³/mol. The first-order valence-corrected chi connectivity index (χ1v) is 11.1. The molecule has 2 heterocycles. The van der Waals surface area contributed by atoms with Crippen molar-refractivity contribution in [1.82, 2.24) is 10.3 Å². The van der Waals surface area contributed by atoms with Gasteiger partial charge in [-0.05, 0) is 65.2 Å². The molecule has 0 radical (unpaired) electrons. The quantitative estimate of drug-likeness (QED) is 0.428. The molecule has 1 fully saturated rings. The Morgan fingerprint density at radius 3 is 2.90 bits per heavy atom. The first-order valence-electron chi connectivity index (χ1n) is 10.3. The molecule has 0 amide bonds. The van der Waals surface area contributed by atoms with Gasteiger partial charge in [-0.3, -0.25) is 4.98 Å². The van der Waals surface area contributed by atoms with E-state index in [0.717, 1.165) is 55.7 Å². The normalized spacial score (nSPS) is 16.3. The van der Waals surface area contributed by atoms with Gasteiger partial charge < -0.3 is 24.8 Å². The SMILES string of the molecule is COc1cc2c(Oc3ccc(F)cc3Br)ccnc2cc1NCCCC1CNCCO1. The molecular formula is C23H25BrFN3O3. The molecule has 0 aliphatic carbocycles. The predicted octanol–water partition coefficient (Wildman–Crippen LogP) is 5.12. The van der Waals surface area contributed by atoms with Gasteiger partial charge in [0.1, 0.15) is 23.1 Å². The van der Waals surface area contributed by atoms with Gasteiger partial charge in [-0.1, -0.05) is 0 Å². The number of halogens is 2. The highest BCUT2D eigenvalue weighted by atomic mass is 79.9. The second-order valence-corrected chi connectivity index (χ2v) is 8.18. The standard InChI is InChI=1S/C23H25BrFN3O3/c1-29-23-12-17-19(13-20(23)27-7-2-3-16-14-26-9-10-30-16)28-8-6-21(17)31-22-5-4-15(25)11-18(22)24/h4-6,8,11-13,16,26-27H,2-3,7,9-10,14H2,1H3. The number of benzene rings is 2. The highest BCUT2D eigenvalue weighted by Gasteiger charge is 2.14. The number of rotatable bonds is 8. The lowest BCUT2D eigenvalue weighted by atomic mass is 10.1. The molecule has 3 aromatic rings. The number of fused-ring (bicyclic) bond motifs is 1. The summed E-state index contributed by atoms with van der Waals surface area (Å²) in [5.74, 6) is 1.51. The Morgan fingerprint density at radius 1 is 1.23 bits per heavy atom. The maximum absolute atomic E-state index is 13.4. The molecule has 1 aliphatic rings. The zero-order chi connectivity index (χ0) is 21.6. The van der Waals surface area contributed by atoms with Crippen LogP contribution in [-0.2, 0) is 4.74 Å². The molecule has 2 N–H and O–H groups in total. The summed E-state index contributed by atoms with van der Waals surface area (Å²) in [6, 6.07) is 9.97. The molecule has 1 saturated heterocycles. The van der Waals surface area contributed by atoms with Crippen molar-refractivity contribution in [2.75, 3.05) is 38.7 Å². The molecule has 1 aromatic heterocycles. The molecule has 1 atom stereocenters. The number of anilines is 1. The average Bonchev–Trinajstić information content (AvgIpc) is 2.79. The number of pyridine rings is 1. The van der Waals surface area contributed by atoms with E-state index < -0.39 is 0 Å². The largest absolute Gasteiger partial charge is 0.495 e. The van der Waals surface area contributed by atoms with Gasteiger partial charge in [0.05, 0.1) is 35.5 Å². The molecule has 164 valence electrons. The molecule has 2 aromatic carbocycles. The maximum atomic E-state index is 13.4. The van der Waals surface area contributed by atoms with Gasteiger partial charge in [-0.2, -0.15) is 0 Å². The Labute approximate surface area is 189 Å². The van der Waals surface area contributed by atoms with Crippen LogP contribution < -0.4 is 20.1 Å². The lowest BCUT2D eigenvalue weighted by Crippen LogP contribution is -2.38. The van der Waals surface area contributed by atoms with E-state index in [0.29, 0.717) is 21.7 Å². The molecule has 1 unspecified atom stereocenters. The Hall–Kier alpha value is -2.42. The highest BCUT2D eigenvalue weighted by Crippen LogP contribution is 2.37. The van der Waals surface area contributed by atoms with E-state index in [2.05, 4.69) is 31.5 Å². The van der Waals surface area contributed by atoms with Crippen LogP contribution in [0.4, 0.5) is 10.1 Å². The van der Waals surface area contributed by atoms with Crippen molar-refractivity contribution >= 4 is 32.5 Å². The minimum atomic E-state index is -0.331. The second kappa shape index (κ2) is 10.3. The number of nitrogens with zero attached hydrogens (tertiary/aromatic N) is 1. The average molecular weight is 490 g/mol. The zero-order valence-electron chi connectivity index (χ0n) is 17.3.